The van der Waals surface area contributed by atoms with Gasteiger partial charge in [-0.3, -0.25) is 9.89 Å². The van der Waals surface area contributed by atoms with Gasteiger partial charge in [-0.15, -0.1) is 24.0 Å². The molecule has 0 saturated heterocycles. The minimum Gasteiger partial charge on any atom is -0.355 e. The number of guanidine groups is 1. The highest BCUT2D eigenvalue weighted by molar-refractivity contribution is 14.0. The molecule has 0 amide bonds. The van der Waals surface area contributed by atoms with Crippen LogP contribution in [0, 0.1) is 5.92 Å². The molecular weight excluding hydrogens is 384 g/mol. The van der Waals surface area contributed by atoms with E-state index in [1.54, 1.807) is 7.05 Å². The van der Waals surface area contributed by atoms with Crippen LogP contribution < -0.4 is 10.6 Å². The van der Waals surface area contributed by atoms with Gasteiger partial charge in [0.15, 0.2) is 5.96 Å². The Hall–Kier alpha value is -0.250. The first-order chi connectivity index (χ1) is 8.65. The number of alkyl halides is 3. The van der Waals surface area contributed by atoms with Crippen LogP contribution in [0.25, 0.3) is 0 Å². The summed E-state index contributed by atoms with van der Waals surface area (Å²) in [6.45, 7) is 6.02. The Morgan fingerprint density at radius 1 is 1.25 bits per heavy atom. The van der Waals surface area contributed by atoms with Gasteiger partial charge >= 0.3 is 6.18 Å². The van der Waals surface area contributed by atoms with Crippen molar-refractivity contribution in [2.45, 2.75) is 33.0 Å². The summed E-state index contributed by atoms with van der Waals surface area (Å²) < 4.78 is 36.4. The number of halogens is 4. The van der Waals surface area contributed by atoms with Gasteiger partial charge < -0.3 is 10.6 Å². The largest absolute Gasteiger partial charge is 0.401 e. The Kier molecular flexibility index (Phi) is 11.5. The zero-order chi connectivity index (χ0) is 15.1. The minimum atomic E-state index is -4.15. The van der Waals surface area contributed by atoms with Crippen molar-refractivity contribution in [2.24, 2.45) is 10.9 Å². The van der Waals surface area contributed by atoms with Crippen LogP contribution in [0.4, 0.5) is 13.2 Å². The van der Waals surface area contributed by atoms with Crippen LogP contribution >= 0.6 is 24.0 Å². The Balaban J connectivity index is 0. The number of hydrogen-bond donors (Lipinski definition) is 2. The first kappa shape index (κ1) is 22.0. The van der Waals surface area contributed by atoms with E-state index in [2.05, 4.69) is 29.5 Å². The monoisotopic (exact) mass is 410 g/mol. The molecule has 0 fully saturated rings. The molecule has 8 heteroatoms. The first-order valence-corrected chi connectivity index (χ1v) is 6.38. The third-order valence-electron chi connectivity index (χ3n) is 2.82. The van der Waals surface area contributed by atoms with E-state index in [9.17, 15) is 13.2 Å². The molecule has 122 valence electrons. The smallest absolute Gasteiger partial charge is 0.355 e. The number of hydrogen-bond acceptors (Lipinski definition) is 2. The first-order valence-electron chi connectivity index (χ1n) is 6.38. The SMILES string of the molecule is CN=C(NCCN(C)CC(F)(F)F)NC(C)C(C)C.I. The van der Waals surface area contributed by atoms with Crippen molar-refractivity contribution in [1.82, 2.24) is 15.5 Å². The van der Waals surface area contributed by atoms with Crippen LogP contribution in [-0.2, 0) is 0 Å². The number of likely N-dealkylation sites (N-methyl/N-ethyl adjacent to an activating group) is 1. The van der Waals surface area contributed by atoms with Gasteiger partial charge in [-0.1, -0.05) is 13.8 Å². The van der Waals surface area contributed by atoms with E-state index in [-0.39, 0.29) is 30.0 Å². The van der Waals surface area contributed by atoms with Crippen molar-refractivity contribution in [3.63, 3.8) is 0 Å². The highest BCUT2D eigenvalue weighted by atomic mass is 127. The third-order valence-corrected chi connectivity index (χ3v) is 2.82. The maximum atomic E-state index is 12.1. The van der Waals surface area contributed by atoms with E-state index >= 15 is 0 Å². The van der Waals surface area contributed by atoms with Crippen molar-refractivity contribution in [3.05, 3.63) is 0 Å². The molecule has 4 nitrogen and oxygen atoms in total. The lowest BCUT2D eigenvalue weighted by atomic mass is 10.1. The topological polar surface area (TPSA) is 39.7 Å². The fourth-order valence-electron chi connectivity index (χ4n) is 1.33. The van der Waals surface area contributed by atoms with Crippen molar-refractivity contribution >= 4 is 29.9 Å². The predicted octanol–water partition coefficient (Wildman–Crippen LogP) is 2.31. The maximum absolute atomic E-state index is 12.1. The maximum Gasteiger partial charge on any atom is 0.401 e. The second-order valence-electron chi connectivity index (χ2n) is 5.03. The molecule has 0 aliphatic heterocycles. The lowest BCUT2D eigenvalue weighted by Crippen LogP contribution is -2.46. The van der Waals surface area contributed by atoms with Crippen LogP contribution in [-0.4, -0.2) is 56.8 Å². The molecule has 20 heavy (non-hydrogen) atoms. The summed E-state index contributed by atoms with van der Waals surface area (Å²) in [5, 5.41) is 6.19. The molecule has 0 bridgehead atoms. The average Bonchev–Trinajstić information content (AvgIpc) is 2.24. The molecule has 0 aliphatic carbocycles. The van der Waals surface area contributed by atoms with E-state index in [4.69, 9.17) is 0 Å². The van der Waals surface area contributed by atoms with Crippen molar-refractivity contribution < 1.29 is 13.2 Å². The van der Waals surface area contributed by atoms with Crippen molar-refractivity contribution in [1.29, 1.82) is 0 Å². The molecule has 0 aromatic rings. The standard InChI is InChI=1S/C12H25F3N4.HI/c1-9(2)10(3)18-11(16-4)17-6-7-19(5)8-12(13,14)15;/h9-10H,6-8H2,1-5H3,(H2,16,17,18);1H. The molecule has 0 saturated carbocycles. The molecule has 0 rings (SSSR count). The Morgan fingerprint density at radius 2 is 1.80 bits per heavy atom. The van der Waals surface area contributed by atoms with Gasteiger partial charge in [0, 0.05) is 26.2 Å². The summed E-state index contributed by atoms with van der Waals surface area (Å²) in [4.78, 5) is 5.26. The van der Waals surface area contributed by atoms with Gasteiger partial charge in [0.25, 0.3) is 0 Å². The van der Waals surface area contributed by atoms with E-state index < -0.39 is 12.7 Å². The Bertz CT molecular complexity index is 282. The van der Waals surface area contributed by atoms with Crippen LogP contribution in [0.3, 0.4) is 0 Å². The number of nitrogens with one attached hydrogen (secondary N) is 2. The molecule has 0 heterocycles. The zero-order valence-electron chi connectivity index (χ0n) is 12.7. The zero-order valence-corrected chi connectivity index (χ0v) is 15.0. The molecular formula is C12H26F3IN4. The molecule has 2 N–H and O–H groups in total. The van der Waals surface area contributed by atoms with Crippen molar-refractivity contribution in [2.75, 3.05) is 33.7 Å². The molecule has 0 aromatic heterocycles. The number of aliphatic imine (C=N–C) groups is 1. The Morgan fingerprint density at radius 3 is 2.20 bits per heavy atom. The highest BCUT2D eigenvalue weighted by Crippen LogP contribution is 2.14. The van der Waals surface area contributed by atoms with Gasteiger partial charge in [0.1, 0.15) is 0 Å². The minimum absolute atomic E-state index is 0. The number of rotatable bonds is 6. The molecule has 0 spiro atoms. The molecule has 1 unspecified atom stereocenters. The van der Waals surface area contributed by atoms with Gasteiger partial charge in [-0.2, -0.15) is 13.2 Å². The van der Waals surface area contributed by atoms with E-state index in [0.29, 0.717) is 25.0 Å². The van der Waals surface area contributed by atoms with Crippen LogP contribution in [0.2, 0.25) is 0 Å². The van der Waals surface area contributed by atoms with E-state index in [1.807, 2.05) is 6.92 Å². The normalized spacial score (nSPS) is 14.2. The fraction of sp³-hybridized carbons (Fsp3) is 0.917. The summed E-state index contributed by atoms with van der Waals surface area (Å²) in [7, 11) is 3.09. The van der Waals surface area contributed by atoms with Gasteiger partial charge in [-0.05, 0) is 19.9 Å². The lowest BCUT2D eigenvalue weighted by Gasteiger charge is -2.22. The van der Waals surface area contributed by atoms with Gasteiger partial charge in [0.2, 0.25) is 0 Å². The average molecular weight is 410 g/mol. The fourth-order valence-corrected chi connectivity index (χ4v) is 1.33. The summed E-state index contributed by atoms with van der Waals surface area (Å²) in [5.41, 5.74) is 0. The van der Waals surface area contributed by atoms with Crippen LogP contribution in [0.5, 0.6) is 0 Å². The van der Waals surface area contributed by atoms with Crippen LogP contribution in [0.1, 0.15) is 20.8 Å². The summed E-state index contributed by atoms with van der Waals surface area (Å²) in [6.07, 6.45) is -4.15. The molecule has 0 aliphatic rings. The summed E-state index contributed by atoms with van der Waals surface area (Å²) >= 11 is 0. The second kappa shape index (κ2) is 10.5. The van der Waals surface area contributed by atoms with E-state index in [0.717, 1.165) is 0 Å². The highest BCUT2D eigenvalue weighted by Gasteiger charge is 2.28. The quantitative estimate of drug-likeness (QED) is 0.401. The number of nitrogens with zero attached hydrogens (tertiary/aromatic N) is 2. The predicted molar refractivity (Wildman–Crippen MR) is 87.8 cm³/mol. The second-order valence-corrected chi connectivity index (χ2v) is 5.03. The summed E-state index contributed by atoms with van der Waals surface area (Å²) in [5.74, 6) is 1.06. The molecule has 0 radical (unpaired) electrons. The van der Waals surface area contributed by atoms with Gasteiger partial charge in [-0.25, -0.2) is 0 Å². The summed E-state index contributed by atoms with van der Waals surface area (Å²) in [6, 6.07) is 0.249. The van der Waals surface area contributed by atoms with E-state index in [1.165, 1.54) is 11.9 Å². The Labute approximate surface area is 136 Å². The molecule has 1 atom stereocenters. The third kappa shape index (κ3) is 11.6. The lowest BCUT2D eigenvalue weighted by molar-refractivity contribution is -0.142. The van der Waals surface area contributed by atoms with Crippen LogP contribution in [0.15, 0.2) is 4.99 Å². The van der Waals surface area contributed by atoms with Gasteiger partial charge in [0.05, 0.1) is 6.54 Å². The molecule has 0 aromatic carbocycles. The van der Waals surface area contributed by atoms with Crippen molar-refractivity contribution in [3.8, 4) is 0 Å².